The zero-order chi connectivity index (χ0) is 25.0. The fourth-order valence-electron chi connectivity index (χ4n) is 4.00. The summed E-state index contributed by atoms with van der Waals surface area (Å²) in [5.41, 5.74) is 8.74. The second-order valence-electron chi connectivity index (χ2n) is 9.75. The van der Waals surface area contributed by atoms with Gasteiger partial charge in [0.2, 0.25) is 5.95 Å². The van der Waals surface area contributed by atoms with Crippen LogP contribution in [0.25, 0.3) is 33.4 Å². The Morgan fingerprint density at radius 3 is 2.54 bits per heavy atom. The number of nitrogen functional groups attached to an aromatic ring is 1. The predicted molar refractivity (Wildman–Crippen MR) is 133 cm³/mol. The molecule has 0 aliphatic rings. The van der Waals surface area contributed by atoms with Crippen LogP contribution in [0.5, 0.6) is 0 Å². The van der Waals surface area contributed by atoms with Gasteiger partial charge in [0.15, 0.2) is 0 Å². The number of hydrogen-bond acceptors (Lipinski definition) is 6. The highest BCUT2D eigenvalue weighted by Crippen LogP contribution is 2.34. The van der Waals surface area contributed by atoms with Crippen LogP contribution >= 0.6 is 0 Å². The van der Waals surface area contributed by atoms with Gasteiger partial charge in [-0.25, -0.2) is 19.3 Å². The maximum atomic E-state index is 13.8. The lowest BCUT2D eigenvalue weighted by molar-refractivity contribution is 0.0971. The number of nitrogens with zero attached hydrogens (tertiary/aromatic N) is 5. The fraction of sp³-hybridized carbons (Fsp3) is 0.231. The minimum Gasteiger partial charge on any atom is -0.379 e. The van der Waals surface area contributed by atoms with Crippen molar-refractivity contribution in [1.29, 1.82) is 0 Å². The number of fused-ring (bicyclic) bond motifs is 1. The van der Waals surface area contributed by atoms with E-state index in [0.717, 1.165) is 22.1 Å². The van der Waals surface area contributed by atoms with Crippen molar-refractivity contribution < 1.29 is 9.50 Å². The van der Waals surface area contributed by atoms with Crippen LogP contribution in [0.2, 0.25) is 0 Å². The normalized spacial score (nSPS) is 13.8. The molecule has 0 saturated carbocycles. The Labute approximate surface area is 201 Å². The molecular weight excluding hydrogens is 445 g/mol. The second-order valence-corrected chi connectivity index (χ2v) is 9.75. The third kappa shape index (κ3) is 4.15. The zero-order valence-electron chi connectivity index (χ0n) is 19.9. The molecule has 4 N–H and O–H groups in total. The van der Waals surface area contributed by atoms with Crippen LogP contribution in [0.4, 0.5) is 10.3 Å². The Hall–Kier alpha value is -4.11. The molecule has 9 heteroatoms. The summed E-state index contributed by atoms with van der Waals surface area (Å²) >= 11 is 0. The van der Waals surface area contributed by atoms with Crippen molar-refractivity contribution in [2.24, 2.45) is 0 Å². The third-order valence-corrected chi connectivity index (χ3v) is 6.04. The molecule has 1 atom stereocenters. The van der Waals surface area contributed by atoms with Gasteiger partial charge in [0.05, 0.1) is 23.1 Å². The minimum absolute atomic E-state index is 0.000838. The lowest BCUT2D eigenvalue weighted by atomic mass is 9.91. The van der Waals surface area contributed by atoms with Crippen molar-refractivity contribution in [3.63, 3.8) is 0 Å². The number of rotatable bonds is 4. The number of aromatic amines is 1. The summed E-state index contributed by atoms with van der Waals surface area (Å²) in [6.45, 7) is 7.82. The van der Waals surface area contributed by atoms with Gasteiger partial charge in [-0.3, -0.25) is 4.68 Å². The number of halogens is 1. The van der Waals surface area contributed by atoms with E-state index in [4.69, 9.17) is 5.73 Å². The van der Waals surface area contributed by atoms with Crippen LogP contribution in [0.15, 0.2) is 61.2 Å². The third-order valence-electron chi connectivity index (χ3n) is 6.04. The smallest absolute Gasteiger partial charge is 0.220 e. The summed E-state index contributed by atoms with van der Waals surface area (Å²) in [7, 11) is 0. The summed E-state index contributed by atoms with van der Waals surface area (Å²) in [4.78, 5) is 16.4. The number of H-pyrrole nitrogens is 1. The highest BCUT2D eigenvalue weighted by Gasteiger charge is 2.29. The van der Waals surface area contributed by atoms with E-state index in [-0.39, 0.29) is 17.2 Å². The van der Waals surface area contributed by atoms with E-state index in [1.807, 2.05) is 23.1 Å². The van der Waals surface area contributed by atoms with E-state index in [0.29, 0.717) is 16.9 Å². The molecule has 8 nitrogen and oxygen atoms in total. The van der Waals surface area contributed by atoms with Gasteiger partial charge in [-0.05, 0) is 57.5 Å². The summed E-state index contributed by atoms with van der Waals surface area (Å²) in [6, 6.07) is 9.45. The van der Waals surface area contributed by atoms with Crippen LogP contribution in [0.3, 0.4) is 0 Å². The molecule has 4 heterocycles. The Balaban J connectivity index is 1.60. The molecule has 5 aromatic rings. The van der Waals surface area contributed by atoms with E-state index in [2.05, 4.69) is 45.8 Å². The lowest BCUT2D eigenvalue weighted by Gasteiger charge is -2.24. The van der Waals surface area contributed by atoms with Crippen molar-refractivity contribution in [2.75, 3.05) is 5.73 Å². The number of aromatic nitrogens is 6. The van der Waals surface area contributed by atoms with Crippen molar-refractivity contribution in [3.05, 3.63) is 78.3 Å². The molecule has 0 spiro atoms. The molecule has 0 aliphatic carbocycles. The maximum absolute atomic E-state index is 13.8. The second kappa shape index (κ2) is 7.99. The Morgan fingerprint density at radius 2 is 1.83 bits per heavy atom. The number of nitrogens with one attached hydrogen (secondary N) is 1. The van der Waals surface area contributed by atoms with E-state index >= 15 is 0 Å². The first-order valence-electron chi connectivity index (χ1n) is 11.2. The lowest BCUT2D eigenvalue weighted by Crippen LogP contribution is -2.25. The van der Waals surface area contributed by atoms with Crippen LogP contribution in [0.1, 0.15) is 39.0 Å². The molecule has 0 saturated heterocycles. The largest absolute Gasteiger partial charge is 0.379 e. The van der Waals surface area contributed by atoms with Gasteiger partial charge in [-0.1, -0.05) is 12.1 Å². The summed E-state index contributed by atoms with van der Waals surface area (Å²) < 4.78 is 15.7. The quantitative estimate of drug-likeness (QED) is 0.352. The van der Waals surface area contributed by atoms with Crippen molar-refractivity contribution >= 4 is 17.0 Å². The van der Waals surface area contributed by atoms with Crippen LogP contribution < -0.4 is 5.73 Å². The highest BCUT2D eigenvalue weighted by atomic mass is 19.1. The molecule has 0 aliphatic heterocycles. The van der Waals surface area contributed by atoms with Gasteiger partial charge in [-0.2, -0.15) is 5.10 Å². The summed E-state index contributed by atoms with van der Waals surface area (Å²) in [5, 5.41) is 16.6. The zero-order valence-corrected chi connectivity index (χ0v) is 19.9. The molecule has 1 aromatic carbocycles. The fourth-order valence-corrected chi connectivity index (χ4v) is 4.00. The first-order valence-corrected chi connectivity index (χ1v) is 11.2. The topological polar surface area (TPSA) is 119 Å². The first-order chi connectivity index (χ1) is 16.5. The molecule has 0 radical (unpaired) electrons. The van der Waals surface area contributed by atoms with Gasteiger partial charge in [0, 0.05) is 40.7 Å². The van der Waals surface area contributed by atoms with Gasteiger partial charge in [0.1, 0.15) is 17.1 Å². The first kappa shape index (κ1) is 22.7. The number of anilines is 1. The molecule has 178 valence electrons. The van der Waals surface area contributed by atoms with E-state index < -0.39 is 11.4 Å². The standard InChI is InChI=1S/C26H26FN7O/c1-25(2,3)34-14-16(12-31-34)15-8-19-20(13-30-23(19)29-11-15)21-10-22(33-24(28)32-21)26(4,35)17-6-5-7-18(27)9-17/h5-14,35H,1-4H3,(H,29,30)(H2,28,32,33). The Morgan fingerprint density at radius 1 is 1.03 bits per heavy atom. The molecule has 0 fully saturated rings. The minimum atomic E-state index is -1.58. The highest BCUT2D eigenvalue weighted by molar-refractivity contribution is 5.95. The van der Waals surface area contributed by atoms with Gasteiger partial charge < -0.3 is 15.8 Å². The summed E-state index contributed by atoms with van der Waals surface area (Å²) in [6.07, 6.45) is 7.40. The van der Waals surface area contributed by atoms with E-state index in [1.165, 1.54) is 12.1 Å². The molecular formula is C26H26FN7O. The molecule has 1 unspecified atom stereocenters. The van der Waals surface area contributed by atoms with Crippen LogP contribution in [-0.4, -0.2) is 34.8 Å². The number of nitrogens with two attached hydrogens (primary N) is 1. The van der Waals surface area contributed by atoms with Crippen LogP contribution in [0, 0.1) is 5.82 Å². The van der Waals surface area contributed by atoms with Crippen LogP contribution in [-0.2, 0) is 11.1 Å². The SMILES string of the molecule is CC(O)(c1cccc(F)c1)c1cc(-c2c[nH]c3ncc(-c4cnn(C(C)(C)C)c4)cc23)nc(N)n1. The van der Waals surface area contributed by atoms with E-state index in [9.17, 15) is 9.50 Å². The van der Waals surface area contributed by atoms with Crippen molar-refractivity contribution in [2.45, 2.75) is 38.8 Å². The summed E-state index contributed by atoms with van der Waals surface area (Å²) in [5.74, 6) is -0.450. The Kier molecular flexibility index (Phi) is 5.17. The van der Waals surface area contributed by atoms with Crippen molar-refractivity contribution in [3.8, 4) is 22.4 Å². The molecule has 5 rings (SSSR count). The number of pyridine rings is 1. The van der Waals surface area contributed by atoms with Gasteiger partial charge in [0.25, 0.3) is 0 Å². The molecule has 4 aromatic heterocycles. The van der Waals surface area contributed by atoms with Gasteiger partial charge in [-0.15, -0.1) is 0 Å². The van der Waals surface area contributed by atoms with E-state index in [1.54, 1.807) is 37.5 Å². The average Bonchev–Trinajstić information content (AvgIpc) is 3.46. The molecule has 0 amide bonds. The number of hydrogen-bond donors (Lipinski definition) is 3. The molecule has 0 bridgehead atoms. The number of benzene rings is 1. The average molecular weight is 472 g/mol. The van der Waals surface area contributed by atoms with Crippen molar-refractivity contribution in [1.82, 2.24) is 29.7 Å². The Bertz CT molecular complexity index is 1550. The predicted octanol–water partition coefficient (Wildman–Crippen LogP) is 4.62. The maximum Gasteiger partial charge on any atom is 0.220 e. The number of aliphatic hydroxyl groups is 1. The molecule has 35 heavy (non-hydrogen) atoms. The van der Waals surface area contributed by atoms with Gasteiger partial charge >= 0.3 is 0 Å². The monoisotopic (exact) mass is 471 g/mol.